The summed E-state index contributed by atoms with van der Waals surface area (Å²) < 4.78 is 45.2. The Morgan fingerprint density at radius 2 is 1.74 bits per heavy atom. The van der Waals surface area contributed by atoms with Crippen molar-refractivity contribution in [2.24, 2.45) is 0 Å². The van der Waals surface area contributed by atoms with Crippen LogP contribution in [0.2, 0.25) is 0 Å². The second-order valence-corrected chi connectivity index (χ2v) is 7.48. The highest BCUT2D eigenvalue weighted by Gasteiger charge is 2.32. The number of rotatable bonds is 4. The summed E-state index contributed by atoms with van der Waals surface area (Å²) in [5.41, 5.74) is 1.64. The summed E-state index contributed by atoms with van der Waals surface area (Å²) in [5.74, 6) is 0.953. The molecule has 1 saturated heterocycles. The molecule has 2 aromatic carbocycles. The number of benzene rings is 2. The molecule has 172 valence electrons. The van der Waals surface area contributed by atoms with Crippen LogP contribution in [-0.4, -0.2) is 42.5 Å². The number of aryl methyl sites for hydroxylation is 2. The lowest BCUT2D eigenvalue weighted by Gasteiger charge is -2.38. The van der Waals surface area contributed by atoms with Crippen molar-refractivity contribution in [3.63, 3.8) is 0 Å². The van der Waals surface area contributed by atoms with Crippen molar-refractivity contribution in [1.29, 1.82) is 5.41 Å². The van der Waals surface area contributed by atoms with Gasteiger partial charge in [-0.15, -0.1) is 24.8 Å². The Balaban J connectivity index is 0.00000240. The molecule has 31 heavy (non-hydrogen) atoms. The van der Waals surface area contributed by atoms with Gasteiger partial charge >= 0.3 is 6.18 Å². The van der Waals surface area contributed by atoms with Gasteiger partial charge in [-0.1, -0.05) is 30.3 Å². The molecule has 0 spiro atoms. The maximum atomic E-state index is 13.0. The van der Waals surface area contributed by atoms with Crippen LogP contribution in [0, 0.1) is 19.3 Å². The van der Waals surface area contributed by atoms with E-state index < -0.39 is 11.7 Å². The summed E-state index contributed by atoms with van der Waals surface area (Å²) >= 11 is 0. The standard InChI is InChI=1S/C22H26F3N3O.2ClH/c1-14-6-4-7-15(2)20(14)29-16(3)19-13-28(11-10-27-19)21(26)17-8-5-9-18(12-17)22(23,24)25;;/h4-9,12,16,19,26-27H,10-11,13H2,1-3H3;2*1H. The van der Waals surface area contributed by atoms with Crippen molar-refractivity contribution < 1.29 is 17.9 Å². The van der Waals surface area contributed by atoms with Gasteiger partial charge in [0, 0.05) is 25.2 Å². The zero-order chi connectivity index (χ0) is 21.2. The number of ether oxygens (including phenoxy) is 1. The fourth-order valence-electron chi connectivity index (χ4n) is 3.57. The molecule has 9 heteroatoms. The van der Waals surface area contributed by atoms with E-state index in [1.54, 1.807) is 11.0 Å². The first kappa shape index (κ1) is 27.1. The van der Waals surface area contributed by atoms with E-state index in [0.717, 1.165) is 29.0 Å². The average molecular weight is 478 g/mol. The predicted molar refractivity (Wildman–Crippen MR) is 122 cm³/mol. The molecular formula is C22H28Cl2F3N3O. The molecule has 0 aromatic heterocycles. The van der Waals surface area contributed by atoms with Crippen molar-refractivity contribution >= 4 is 30.6 Å². The third-order valence-electron chi connectivity index (χ3n) is 5.26. The molecule has 3 rings (SSSR count). The number of para-hydroxylation sites is 1. The summed E-state index contributed by atoms with van der Waals surface area (Å²) in [7, 11) is 0. The Morgan fingerprint density at radius 3 is 2.35 bits per heavy atom. The summed E-state index contributed by atoms with van der Waals surface area (Å²) in [6, 6.07) is 10.9. The van der Waals surface area contributed by atoms with E-state index >= 15 is 0 Å². The quantitative estimate of drug-likeness (QED) is 0.467. The average Bonchev–Trinajstić information content (AvgIpc) is 2.69. The summed E-state index contributed by atoms with van der Waals surface area (Å²) in [4.78, 5) is 1.81. The fourth-order valence-corrected chi connectivity index (χ4v) is 3.57. The van der Waals surface area contributed by atoms with E-state index in [0.29, 0.717) is 19.6 Å². The Bertz CT molecular complexity index is 872. The van der Waals surface area contributed by atoms with E-state index in [1.807, 2.05) is 39.0 Å². The van der Waals surface area contributed by atoms with Crippen LogP contribution in [0.4, 0.5) is 13.2 Å². The Labute approximate surface area is 193 Å². The van der Waals surface area contributed by atoms with Crippen molar-refractivity contribution in [3.8, 4) is 5.75 Å². The first-order valence-corrected chi connectivity index (χ1v) is 9.64. The van der Waals surface area contributed by atoms with Gasteiger partial charge in [-0.3, -0.25) is 5.41 Å². The van der Waals surface area contributed by atoms with Gasteiger partial charge in [0.25, 0.3) is 0 Å². The molecule has 0 aliphatic carbocycles. The molecule has 1 aliphatic rings. The molecule has 1 aliphatic heterocycles. The number of amidine groups is 1. The lowest BCUT2D eigenvalue weighted by Crippen LogP contribution is -2.57. The SMILES string of the molecule is Cc1cccc(C)c1OC(C)C1CN(C(=N)c2cccc(C(F)(F)F)c2)CCN1.Cl.Cl. The number of piperazine rings is 1. The topological polar surface area (TPSA) is 48.4 Å². The van der Waals surface area contributed by atoms with Crippen LogP contribution in [-0.2, 0) is 6.18 Å². The van der Waals surface area contributed by atoms with Crippen LogP contribution in [0.5, 0.6) is 5.75 Å². The number of alkyl halides is 3. The van der Waals surface area contributed by atoms with Crippen LogP contribution in [0.15, 0.2) is 42.5 Å². The molecule has 0 saturated carbocycles. The van der Waals surface area contributed by atoms with E-state index in [1.165, 1.54) is 6.07 Å². The third-order valence-corrected chi connectivity index (χ3v) is 5.26. The highest BCUT2D eigenvalue weighted by molar-refractivity contribution is 5.96. The second-order valence-electron chi connectivity index (χ2n) is 7.48. The van der Waals surface area contributed by atoms with Crippen LogP contribution < -0.4 is 10.1 Å². The number of nitrogens with zero attached hydrogens (tertiary/aromatic N) is 1. The number of halogens is 5. The molecule has 1 heterocycles. The third kappa shape index (κ3) is 6.51. The minimum atomic E-state index is -4.42. The molecule has 2 aromatic rings. The second kappa shape index (κ2) is 11.1. The predicted octanol–water partition coefficient (Wildman–Crippen LogP) is 5.23. The van der Waals surface area contributed by atoms with Gasteiger partial charge < -0.3 is 15.0 Å². The first-order valence-electron chi connectivity index (χ1n) is 9.64. The lowest BCUT2D eigenvalue weighted by atomic mass is 10.1. The first-order chi connectivity index (χ1) is 13.7. The van der Waals surface area contributed by atoms with E-state index in [4.69, 9.17) is 10.1 Å². The van der Waals surface area contributed by atoms with Gasteiger partial charge in [0.05, 0.1) is 11.6 Å². The number of nitrogens with one attached hydrogen (secondary N) is 2. The number of hydrogen-bond donors (Lipinski definition) is 2. The molecule has 0 radical (unpaired) electrons. The van der Waals surface area contributed by atoms with Crippen molar-refractivity contribution in [2.75, 3.05) is 19.6 Å². The van der Waals surface area contributed by atoms with Crippen LogP contribution in [0.3, 0.4) is 0 Å². The minimum Gasteiger partial charge on any atom is -0.488 e. The monoisotopic (exact) mass is 477 g/mol. The molecule has 2 unspecified atom stereocenters. The van der Waals surface area contributed by atoms with Gasteiger partial charge in [0.15, 0.2) is 0 Å². The van der Waals surface area contributed by atoms with Gasteiger partial charge in [-0.05, 0) is 44.0 Å². The van der Waals surface area contributed by atoms with Crippen LogP contribution in [0.1, 0.15) is 29.2 Å². The Hall–Kier alpha value is -1.96. The highest BCUT2D eigenvalue weighted by atomic mass is 35.5. The zero-order valence-corrected chi connectivity index (χ0v) is 19.3. The molecule has 2 atom stereocenters. The van der Waals surface area contributed by atoms with Gasteiger partial charge in [0.1, 0.15) is 17.7 Å². The van der Waals surface area contributed by atoms with E-state index in [2.05, 4.69) is 5.32 Å². The fraction of sp³-hybridized carbons (Fsp3) is 0.409. The van der Waals surface area contributed by atoms with Gasteiger partial charge in [0.2, 0.25) is 0 Å². The Kier molecular flexibility index (Phi) is 9.67. The van der Waals surface area contributed by atoms with Crippen molar-refractivity contribution in [3.05, 3.63) is 64.7 Å². The molecule has 4 nitrogen and oxygen atoms in total. The van der Waals surface area contributed by atoms with Crippen molar-refractivity contribution in [2.45, 2.75) is 39.1 Å². The molecule has 1 fully saturated rings. The smallest absolute Gasteiger partial charge is 0.416 e. The molecule has 0 bridgehead atoms. The summed E-state index contributed by atoms with van der Waals surface area (Å²) in [6.45, 7) is 7.65. The van der Waals surface area contributed by atoms with Gasteiger partial charge in [-0.2, -0.15) is 13.2 Å². The zero-order valence-electron chi connectivity index (χ0n) is 17.6. The maximum Gasteiger partial charge on any atom is 0.416 e. The maximum absolute atomic E-state index is 13.0. The Morgan fingerprint density at radius 1 is 1.13 bits per heavy atom. The van der Waals surface area contributed by atoms with Crippen LogP contribution in [0.25, 0.3) is 0 Å². The molecular weight excluding hydrogens is 450 g/mol. The van der Waals surface area contributed by atoms with E-state index in [-0.39, 0.29) is 48.4 Å². The van der Waals surface area contributed by atoms with Gasteiger partial charge in [-0.25, -0.2) is 0 Å². The van der Waals surface area contributed by atoms with Crippen LogP contribution >= 0.6 is 24.8 Å². The summed E-state index contributed by atoms with van der Waals surface area (Å²) in [6.07, 6.45) is -4.58. The van der Waals surface area contributed by atoms with E-state index in [9.17, 15) is 13.2 Å². The summed E-state index contributed by atoms with van der Waals surface area (Å²) in [5, 5.41) is 11.8. The number of hydrogen-bond acceptors (Lipinski definition) is 3. The normalized spacial score (nSPS) is 17.2. The molecule has 2 N–H and O–H groups in total. The molecule has 0 amide bonds. The largest absolute Gasteiger partial charge is 0.488 e. The van der Waals surface area contributed by atoms with Crippen molar-refractivity contribution in [1.82, 2.24) is 10.2 Å². The minimum absolute atomic E-state index is 0. The lowest BCUT2D eigenvalue weighted by molar-refractivity contribution is -0.137. The highest BCUT2D eigenvalue weighted by Crippen LogP contribution is 2.30.